The predicted molar refractivity (Wildman–Crippen MR) is 84.7 cm³/mol. The highest BCUT2D eigenvalue weighted by molar-refractivity contribution is 7.89. The lowest BCUT2D eigenvalue weighted by Gasteiger charge is -2.19. The third kappa shape index (κ3) is 4.83. The van der Waals surface area contributed by atoms with Crippen LogP contribution < -0.4 is 10.0 Å². The quantitative estimate of drug-likeness (QED) is 0.811. The maximum Gasteiger partial charge on any atom is 0.242 e. The van der Waals surface area contributed by atoms with Gasteiger partial charge in [0.25, 0.3) is 0 Å². The van der Waals surface area contributed by atoms with Gasteiger partial charge in [-0.05, 0) is 46.1 Å². The lowest BCUT2D eigenvalue weighted by Crippen LogP contribution is -2.40. The minimum absolute atomic E-state index is 0.360. The molecule has 1 aromatic rings. The van der Waals surface area contributed by atoms with Crippen LogP contribution in [0.1, 0.15) is 52.7 Å². The summed E-state index contributed by atoms with van der Waals surface area (Å²) >= 11 is 0. The van der Waals surface area contributed by atoms with E-state index in [1.165, 1.54) is 12.8 Å². The van der Waals surface area contributed by atoms with Crippen molar-refractivity contribution in [1.29, 1.82) is 0 Å². The van der Waals surface area contributed by atoms with Gasteiger partial charge < -0.3 is 9.88 Å². The molecule has 1 aliphatic rings. The molecular weight excluding hydrogens is 286 g/mol. The van der Waals surface area contributed by atoms with E-state index in [0.717, 1.165) is 25.2 Å². The van der Waals surface area contributed by atoms with Crippen molar-refractivity contribution < 1.29 is 8.42 Å². The second-order valence-electron chi connectivity index (χ2n) is 6.87. The van der Waals surface area contributed by atoms with Gasteiger partial charge >= 0.3 is 0 Å². The van der Waals surface area contributed by atoms with Gasteiger partial charge in [0.05, 0.1) is 4.90 Å². The van der Waals surface area contributed by atoms with Gasteiger partial charge in [0.2, 0.25) is 10.0 Å². The molecule has 2 N–H and O–H groups in total. The summed E-state index contributed by atoms with van der Waals surface area (Å²) in [5, 5.41) is 3.45. The number of nitrogens with zero attached hydrogens (tertiary/aromatic N) is 1. The molecule has 0 bridgehead atoms. The van der Waals surface area contributed by atoms with Crippen molar-refractivity contribution in [2.45, 2.75) is 76.5 Å². The van der Waals surface area contributed by atoms with E-state index in [2.05, 4.69) is 17.0 Å². The molecule has 5 nitrogen and oxygen atoms in total. The summed E-state index contributed by atoms with van der Waals surface area (Å²) in [6.07, 6.45) is 5.19. The minimum Gasteiger partial charge on any atom is -0.349 e. The second kappa shape index (κ2) is 6.10. The van der Waals surface area contributed by atoms with E-state index in [9.17, 15) is 8.42 Å². The van der Waals surface area contributed by atoms with Crippen molar-refractivity contribution in [3.05, 3.63) is 18.0 Å². The van der Waals surface area contributed by atoms with Crippen LogP contribution in [0.25, 0.3) is 0 Å². The summed E-state index contributed by atoms with van der Waals surface area (Å²) in [6, 6.07) is 2.40. The van der Waals surface area contributed by atoms with Crippen LogP contribution in [0.5, 0.6) is 0 Å². The lowest BCUT2D eigenvalue weighted by molar-refractivity contribution is 0.491. The van der Waals surface area contributed by atoms with Crippen LogP contribution in [0.15, 0.2) is 17.2 Å². The average Bonchev–Trinajstić information content (AvgIpc) is 3.05. The van der Waals surface area contributed by atoms with E-state index < -0.39 is 15.6 Å². The SMILES string of the molecule is CCCn1cc(S(=O)(=O)NC(C)(C)C)cc1CNC1CC1. The van der Waals surface area contributed by atoms with Gasteiger partial charge in [0, 0.05) is 36.6 Å². The first-order chi connectivity index (χ1) is 9.71. The molecule has 1 aliphatic carbocycles. The molecule has 1 heterocycles. The van der Waals surface area contributed by atoms with Crippen LogP contribution in [-0.2, 0) is 23.1 Å². The topological polar surface area (TPSA) is 63.1 Å². The normalized spacial score (nSPS) is 16.4. The summed E-state index contributed by atoms with van der Waals surface area (Å²) < 4.78 is 29.6. The van der Waals surface area contributed by atoms with Gasteiger partial charge in [-0.25, -0.2) is 13.1 Å². The van der Waals surface area contributed by atoms with Crippen molar-refractivity contribution in [3.8, 4) is 0 Å². The summed E-state index contributed by atoms with van der Waals surface area (Å²) in [6.45, 7) is 9.22. The Labute approximate surface area is 128 Å². The molecule has 0 saturated heterocycles. The molecule has 0 spiro atoms. The molecule has 0 aromatic carbocycles. The van der Waals surface area contributed by atoms with E-state index in [0.29, 0.717) is 10.9 Å². The van der Waals surface area contributed by atoms with Crippen molar-refractivity contribution in [1.82, 2.24) is 14.6 Å². The first-order valence-corrected chi connectivity index (χ1v) is 9.16. The Balaban J connectivity index is 2.20. The zero-order valence-corrected chi connectivity index (χ0v) is 14.3. The molecule has 2 rings (SSSR count). The van der Waals surface area contributed by atoms with E-state index in [-0.39, 0.29) is 0 Å². The average molecular weight is 313 g/mol. The Morgan fingerprint density at radius 1 is 1.33 bits per heavy atom. The Morgan fingerprint density at radius 2 is 2.00 bits per heavy atom. The number of aromatic nitrogens is 1. The van der Waals surface area contributed by atoms with Gasteiger partial charge in [-0.2, -0.15) is 0 Å². The summed E-state index contributed by atoms with van der Waals surface area (Å²) in [7, 11) is -3.46. The molecule has 1 fully saturated rings. The van der Waals surface area contributed by atoms with Crippen molar-refractivity contribution >= 4 is 10.0 Å². The van der Waals surface area contributed by atoms with Crippen LogP contribution in [0.3, 0.4) is 0 Å². The van der Waals surface area contributed by atoms with Gasteiger partial charge in [0.1, 0.15) is 0 Å². The number of hydrogen-bond acceptors (Lipinski definition) is 3. The zero-order chi connectivity index (χ0) is 15.7. The fraction of sp³-hybridized carbons (Fsp3) is 0.733. The van der Waals surface area contributed by atoms with Crippen molar-refractivity contribution in [2.24, 2.45) is 0 Å². The molecule has 0 radical (unpaired) electrons. The Morgan fingerprint density at radius 3 is 2.52 bits per heavy atom. The monoisotopic (exact) mass is 313 g/mol. The first kappa shape index (κ1) is 16.5. The maximum atomic E-state index is 12.4. The zero-order valence-electron chi connectivity index (χ0n) is 13.4. The Bertz CT molecular complexity index is 581. The molecule has 0 aliphatic heterocycles. The Kier molecular flexibility index (Phi) is 4.80. The summed E-state index contributed by atoms with van der Waals surface area (Å²) in [4.78, 5) is 0.360. The number of nitrogens with one attached hydrogen (secondary N) is 2. The van der Waals surface area contributed by atoms with Gasteiger partial charge in [-0.3, -0.25) is 0 Å². The van der Waals surface area contributed by atoms with E-state index >= 15 is 0 Å². The number of rotatable bonds is 7. The smallest absolute Gasteiger partial charge is 0.242 e. The lowest BCUT2D eigenvalue weighted by atomic mass is 10.1. The molecule has 0 atom stereocenters. The highest BCUT2D eigenvalue weighted by Crippen LogP contribution is 2.21. The maximum absolute atomic E-state index is 12.4. The number of aryl methyl sites for hydroxylation is 1. The predicted octanol–water partition coefficient (Wildman–Crippen LogP) is 2.23. The Hall–Kier alpha value is -0.850. The van der Waals surface area contributed by atoms with Gasteiger partial charge in [0.15, 0.2) is 0 Å². The van der Waals surface area contributed by atoms with E-state index in [1.54, 1.807) is 12.3 Å². The van der Waals surface area contributed by atoms with Crippen LogP contribution >= 0.6 is 0 Å². The van der Waals surface area contributed by atoms with Gasteiger partial charge in [-0.1, -0.05) is 6.92 Å². The van der Waals surface area contributed by atoms with Crippen LogP contribution in [0.2, 0.25) is 0 Å². The van der Waals surface area contributed by atoms with Crippen LogP contribution in [0.4, 0.5) is 0 Å². The third-order valence-electron chi connectivity index (χ3n) is 3.33. The number of sulfonamides is 1. The largest absolute Gasteiger partial charge is 0.349 e. The molecule has 1 aromatic heterocycles. The minimum atomic E-state index is -3.46. The molecule has 0 unspecified atom stereocenters. The van der Waals surface area contributed by atoms with E-state index in [1.807, 2.05) is 25.3 Å². The molecule has 0 amide bonds. The van der Waals surface area contributed by atoms with E-state index in [4.69, 9.17) is 0 Å². The van der Waals surface area contributed by atoms with Crippen LogP contribution in [-0.4, -0.2) is 24.6 Å². The standard InChI is InChI=1S/C15H27N3O2S/c1-5-8-18-11-14(21(19,20)17-15(2,3)4)9-13(18)10-16-12-6-7-12/h9,11-12,16-17H,5-8,10H2,1-4H3. The van der Waals surface area contributed by atoms with Crippen molar-refractivity contribution in [2.75, 3.05) is 0 Å². The fourth-order valence-corrected chi connectivity index (χ4v) is 3.75. The molecular formula is C15H27N3O2S. The highest BCUT2D eigenvalue weighted by Gasteiger charge is 2.25. The molecule has 6 heteroatoms. The third-order valence-corrected chi connectivity index (χ3v) is 5.05. The molecule has 120 valence electrons. The molecule has 1 saturated carbocycles. The van der Waals surface area contributed by atoms with Crippen molar-refractivity contribution in [3.63, 3.8) is 0 Å². The molecule has 21 heavy (non-hydrogen) atoms. The highest BCUT2D eigenvalue weighted by atomic mass is 32.2. The first-order valence-electron chi connectivity index (χ1n) is 7.68. The second-order valence-corrected chi connectivity index (χ2v) is 8.55. The number of hydrogen-bond donors (Lipinski definition) is 2. The summed E-state index contributed by atoms with van der Waals surface area (Å²) in [5.41, 5.74) is 0.566. The van der Waals surface area contributed by atoms with Crippen LogP contribution in [0, 0.1) is 0 Å². The fourth-order valence-electron chi connectivity index (χ4n) is 2.27. The summed E-state index contributed by atoms with van der Waals surface area (Å²) in [5.74, 6) is 0. The van der Waals surface area contributed by atoms with Gasteiger partial charge in [-0.15, -0.1) is 0 Å².